The molecule has 0 spiro atoms. The zero-order chi connectivity index (χ0) is 14.1. The van der Waals surface area contributed by atoms with E-state index in [4.69, 9.17) is 14.6 Å². The maximum absolute atomic E-state index is 11.9. The predicted octanol–water partition coefficient (Wildman–Crippen LogP) is 0.343. The van der Waals surface area contributed by atoms with Crippen molar-refractivity contribution in [3.8, 4) is 11.5 Å². The third-order valence-corrected chi connectivity index (χ3v) is 4.52. The predicted molar refractivity (Wildman–Crippen MR) is 72.6 cm³/mol. The van der Waals surface area contributed by atoms with Gasteiger partial charge in [0.1, 0.15) is 5.37 Å². The highest BCUT2D eigenvalue weighted by molar-refractivity contribution is 8.00. The van der Waals surface area contributed by atoms with Crippen molar-refractivity contribution in [3.63, 3.8) is 0 Å². The molecule has 1 fully saturated rings. The molecule has 2 aliphatic rings. The van der Waals surface area contributed by atoms with Crippen molar-refractivity contribution < 1.29 is 24.5 Å². The van der Waals surface area contributed by atoms with Gasteiger partial charge in [-0.3, -0.25) is 4.79 Å². The van der Waals surface area contributed by atoms with Crippen LogP contribution < -0.4 is 9.47 Å². The van der Waals surface area contributed by atoms with Crippen LogP contribution in [0.5, 0.6) is 11.5 Å². The lowest BCUT2D eigenvalue weighted by atomic mass is 10.1. The molecular formula is C13H15NO5S. The third kappa shape index (κ3) is 2.32. The van der Waals surface area contributed by atoms with Gasteiger partial charge < -0.3 is 24.6 Å². The number of rotatable bonds is 4. The van der Waals surface area contributed by atoms with E-state index in [1.807, 2.05) is 18.2 Å². The van der Waals surface area contributed by atoms with Crippen LogP contribution in [0.4, 0.5) is 0 Å². The summed E-state index contributed by atoms with van der Waals surface area (Å²) < 4.78 is 10.8. The number of para-hydroxylation sites is 1. The fourth-order valence-corrected chi connectivity index (χ4v) is 3.56. The maximum atomic E-state index is 11.9. The second-order valence-electron chi connectivity index (χ2n) is 4.63. The van der Waals surface area contributed by atoms with Crippen LogP contribution in [0.2, 0.25) is 0 Å². The van der Waals surface area contributed by atoms with Crippen molar-refractivity contribution in [3.05, 3.63) is 23.8 Å². The Labute approximate surface area is 120 Å². The van der Waals surface area contributed by atoms with Gasteiger partial charge in [0.25, 0.3) is 0 Å². The number of nitrogens with zero attached hydrogens (tertiary/aromatic N) is 1. The summed E-state index contributed by atoms with van der Waals surface area (Å²) in [4.78, 5) is 13.5. The van der Waals surface area contributed by atoms with E-state index in [0.717, 1.165) is 5.56 Å². The Balaban J connectivity index is 1.89. The molecule has 1 unspecified atom stereocenters. The van der Waals surface area contributed by atoms with E-state index >= 15 is 0 Å². The van der Waals surface area contributed by atoms with Gasteiger partial charge in [-0.25, -0.2) is 0 Å². The number of benzene rings is 1. The summed E-state index contributed by atoms with van der Waals surface area (Å²) in [5.74, 6) is 1.63. The lowest BCUT2D eigenvalue weighted by molar-refractivity contribution is -0.129. The number of fused-ring (bicyclic) bond motifs is 1. The summed E-state index contributed by atoms with van der Waals surface area (Å²) in [6.45, 7) is -0.0812. The molecule has 0 aliphatic carbocycles. The number of hydrogen-bond acceptors (Lipinski definition) is 6. The Morgan fingerprint density at radius 3 is 3.10 bits per heavy atom. The van der Waals surface area contributed by atoms with Crippen molar-refractivity contribution in [2.45, 2.75) is 11.5 Å². The Bertz CT molecular complexity index is 523. The summed E-state index contributed by atoms with van der Waals surface area (Å²) in [6.07, 6.45) is -0.936. The van der Waals surface area contributed by atoms with Crippen LogP contribution in [0.3, 0.4) is 0 Å². The molecule has 3 rings (SSSR count). The first kappa shape index (κ1) is 13.5. The molecule has 6 nitrogen and oxygen atoms in total. The highest BCUT2D eigenvalue weighted by Gasteiger charge is 2.37. The molecule has 0 saturated carbocycles. The van der Waals surface area contributed by atoms with E-state index in [-0.39, 0.29) is 31.2 Å². The van der Waals surface area contributed by atoms with Crippen molar-refractivity contribution in [2.75, 3.05) is 25.7 Å². The summed E-state index contributed by atoms with van der Waals surface area (Å²) in [7, 11) is 0. The zero-order valence-corrected chi connectivity index (χ0v) is 11.5. The van der Waals surface area contributed by atoms with Gasteiger partial charge >= 0.3 is 0 Å². The molecular weight excluding hydrogens is 282 g/mol. The van der Waals surface area contributed by atoms with Crippen molar-refractivity contribution in [1.82, 2.24) is 4.90 Å². The maximum Gasteiger partial charge on any atom is 0.233 e. The molecule has 0 aromatic heterocycles. The molecule has 0 bridgehead atoms. The summed E-state index contributed by atoms with van der Waals surface area (Å²) in [5, 5.41) is 18.3. The highest BCUT2D eigenvalue weighted by Crippen LogP contribution is 2.46. The molecule has 2 heterocycles. The smallest absolute Gasteiger partial charge is 0.233 e. The Morgan fingerprint density at radius 1 is 1.45 bits per heavy atom. The van der Waals surface area contributed by atoms with Crippen LogP contribution in [-0.2, 0) is 4.79 Å². The molecule has 0 radical (unpaired) electrons. The van der Waals surface area contributed by atoms with E-state index in [2.05, 4.69) is 0 Å². The van der Waals surface area contributed by atoms with Crippen LogP contribution in [0.25, 0.3) is 0 Å². The van der Waals surface area contributed by atoms with Crippen LogP contribution in [-0.4, -0.2) is 52.8 Å². The van der Waals surface area contributed by atoms with E-state index in [0.29, 0.717) is 17.3 Å². The van der Waals surface area contributed by atoms with E-state index in [1.54, 1.807) is 4.90 Å². The Hall–Kier alpha value is -1.44. The SMILES string of the molecule is O=C1CSC(c2cccc3c2OCO3)N1C[C@H](O)CO. The second-order valence-corrected chi connectivity index (χ2v) is 5.70. The minimum atomic E-state index is -0.936. The number of carbonyl (C=O) groups excluding carboxylic acids is 1. The van der Waals surface area contributed by atoms with Gasteiger partial charge in [-0.15, -0.1) is 11.8 Å². The number of aliphatic hydroxyl groups excluding tert-OH is 2. The van der Waals surface area contributed by atoms with Crippen LogP contribution in [0.1, 0.15) is 10.9 Å². The molecule has 1 amide bonds. The molecule has 2 atom stereocenters. The number of ether oxygens (including phenoxy) is 2. The largest absolute Gasteiger partial charge is 0.454 e. The number of thioether (sulfide) groups is 1. The van der Waals surface area contributed by atoms with Gasteiger partial charge in [0.05, 0.1) is 25.0 Å². The van der Waals surface area contributed by atoms with Gasteiger partial charge in [0, 0.05) is 5.56 Å². The average Bonchev–Trinajstić information content (AvgIpc) is 3.06. The molecule has 108 valence electrons. The standard InChI is InChI=1S/C13H15NO5S/c15-5-8(16)4-14-11(17)6-20-13(14)9-2-1-3-10-12(9)19-7-18-10/h1-3,8,13,15-16H,4-7H2/t8-,13?/m0/s1. The van der Waals surface area contributed by atoms with Crippen LogP contribution in [0.15, 0.2) is 18.2 Å². The summed E-state index contributed by atoms with van der Waals surface area (Å²) in [5.41, 5.74) is 0.862. The zero-order valence-electron chi connectivity index (χ0n) is 10.7. The summed E-state index contributed by atoms with van der Waals surface area (Å²) >= 11 is 1.48. The average molecular weight is 297 g/mol. The fourth-order valence-electron chi connectivity index (χ4n) is 2.34. The lowest BCUT2D eigenvalue weighted by Gasteiger charge is -2.26. The molecule has 20 heavy (non-hydrogen) atoms. The minimum Gasteiger partial charge on any atom is -0.454 e. The van der Waals surface area contributed by atoms with E-state index in [1.165, 1.54) is 11.8 Å². The van der Waals surface area contributed by atoms with Crippen molar-refractivity contribution >= 4 is 17.7 Å². The van der Waals surface area contributed by atoms with Gasteiger partial charge in [-0.2, -0.15) is 0 Å². The number of carbonyl (C=O) groups is 1. The number of aliphatic hydroxyl groups is 2. The van der Waals surface area contributed by atoms with Gasteiger partial charge in [0.15, 0.2) is 11.5 Å². The van der Waals surface area contributed by atoms with Gasteiger partial charge in [0.2, 0.25) is 12.7 Å². The molecule has 7 heteroatoms. The molecule has 2 N–H and O–H groups in total. The van der Waals surface area contributed by atoms with Gasteiger partial charge in [-0.1, -0.05) is 12.1 Å². The van der Waals surface area contributed by atoms with Crippen molar-refractivity contribution in [2.24, 2.45) is 0 Å². The topological polar surface area (TPSA) is 79.2 Å². The first-order valence-corrected chi connectivity index (χ1v) is 7.34. The lowest BCUT2D eigenvalue weighted by Crippen LogP contribution is -2.37. The van der Waals surface area contributed by atoms with Crippen molar-refractivity contribution in [1.29, 1.82) is 0 Å². The first-order chi connectivity index (χ1) is 9.70. The van der Waals surface area contributed by atoms with E-state index < -0.39 is 6.10 Å². The number of β-amino-alcohol motifs (C(OH)–C–C–N with tert-alkyl or cyclic N) is 1. The highest BCUT2D eigenvalue weighted by atomic mass is 32.2. The Morgan fingerprint density at radius 2 is 2.30 bits per heavy atom. The number of amides is 1. The monoisotopic (exact) mass is 297 g/mol. The quantitative estimate of drug-likeness (QED) is 0.834. The van der Waals surface area contributed by atoms with Gasteiger partial charge in [-0.05, 0) is 6.07 Å². The minimum absolute atomic E-state index is 0.0518. The molecule has 1 aromatic rings. The molecule has 1 aromatic carbocycles. The normalized spacial score (nSPS) is 22.4. The third-order valence-electron chi connectivity index (χ3n) is 3.28. The van der Waals surface area contributed by atoms with Crippen LogP contribution >= 0.6 is 11.8 Å². The fraction of sp³-hybridized carbons (Fsp3) is 0.462. The second kappa shape index (κ2) is 5.51. The molecule has 2 aliphatic heterocycles. The Kier molecular flexibility index (Phi) is 3.73. The first-order valence-electron chi connectivity index (χ1n) is 6.29. The summed E-state index contributed by atoms with van der Waals surface area (Å²) in [6, 6.07) is 5.56. The number of hydrogen-bond donors (Lipinski definition) is 2. The molecule has 1 saturated heterocycles. The van der Waals surface area contributed by atoms with Crippen LogP contribution in [0, 0.1) is 0 Å². The van der Waals surface area contributed by atoms with E-state index in [9.17, 15) is 9.90 Å².